The molecule has 0 heterocycles. The van der Waals surface area contributed by atoms with Crippen molar-refractivity contribution in [1.82, 2.24) is 10.6 Å². The third kappa shape index (κ3) is 7.26. The quantitative estimate of drug-likeness (QED) is 0.646. The molecule has 6 nitrogen and oxygen atoms in total. The first-order valence-corrected chi connectivity index (χ1v) is 8.15. The van der Waals surface area contributed by atoms with E-state index in [9.17, 15) is 14.4 Å². The lowest BCUT2D eigenvalue weighted by molar-refractivity contribution is -0.137. The van der Waals surface area contributed by atoms with Crippen LogP contribution in [0.3, 0.4) is 0 Å². The molecule has 0 saturated heterocycles. The molecule has 0 fully saturated rings. The zero-order valence-corrected chi connectivity index (χ0v) is 14.5. The highest BCUT2D eigenvalue weighted by Crippen LogP contribution is 2.21. The fourth-order valence-corrected chi connectivity index (χ4v) is 2.46. The zero-order chi connectivity index (χ0) is 18.1. The van der Waals surface area contributed by atoms with Gasteiger partial charge in [0.15, 0.2) is 0 Å². The second kappa shape index (κ2) is 9.70. The van der Waals surface area contributed by atoms with Crippen LogP contribution in [0.15, 0.2) is 24.3 Å². The van der Waals surface area contributed by atoms with Crippen molar-refractivity contribution >= 4 is 17.8 Å². The Kier molecular flexibility index (Phi) is 7.95. The van der Waals surface area contributed by atoms with Gasteiger partial charge in [0.2, 0.25) is 11.8 Å². The summed E-state index contributed by atoms with van der Waals surface area (Å²) in [6.45, 7) is 5.64. The van der Waals surface area contributed by atoms with E-state index in [0.717, 1.165) is 11.1 Å². The number of hydrogen-bond donors (Lipinski definition) is 3. The van der Waals surface area contributed by atoms with Crippen LogP contribution in [0, 0.1) is 6.92 Å². The minimum absolute atomic E-state index is 0.0762. The highest BCUT2D eigenvalue weighted by atomic mass is 16.4. The first-order valence-electron chi connectivity index (χ1n) is 8.15. The van der Waals surface area contributed by atoms with Crippen molar-refractivity contribution in [2.45, 2.75) is 58.5 Å². The van der Waals surface area contributed by atoms with Crippen LogP contribution in [-0.4, -0.2) is 28.9 Å². The Morgan fingerprint density at radius 1 is 1.04 bits per heavy atom. The normalized spacial score (nSPS) is 11.8. The average Bonchev–Trinajstić information content (AvgIpc) is 2.45. The van der Waals surface area contributed by atoms with Crippen molar-refractivity contribution in [2.75, 3.05) is 0 Å². The second-order valence-corrected chi connectivity index (χ2v) is 6.15. The van der Waals surface area contributed by atoms with Crippen molar-refractivity contribution in [3.05, 3.63) is 35.4 Å². The van der Waals surface area contributed by atoms with Gasteiger partial charge in [0.1, 0.15) is 0 Å². The fraction of sp³-hybridized carbons (Fsp3) is 0.500. The largest absolute Gasteiger partial charge is 0.481 e. The van der Waals surface area contributed by atoms with Crippen molar-refractivity contribution in [3.63, 3.8) is 0 Å². The molecule has 6 heteroatoms. The van der Waals surface area contributed by atoms with Crippen LogP contribution in [-0.2, 0) is 14.4 Å². The molecule has 24 heavy (non-hydrogen) atoms. The van der Waals surface area contributed by atoms with Gasteiger partial charge in [0, 0.05) is 18.9 Å². The zero-order valence-electron chi connectivity index (χ0n) is 14.5. The summed E-state index contributed by atoms with van der Waals surface area (Å²) in [6.07, 6.45) is 0.718. The van der Waals surface area contributed by atoms with E-state index >= 15 is 0 Å². The van der Waals surface area contributed by atoms with Crippen LogP contribution in [0.2, 0.25) is 0 Å². The van der Waals surface area contributed by atoms with Gasteiger partial charge in [0.05, 0.1) is 12.5 Å². The van der Waals surface area contributed by atoms with Gasteiger partial charge < -0.3 is 15.7 Å². The van der Waals surface area contributed by atoms with Gasteiger partial charge in [-0.25, -0.2) is 0 Å². The van der Waals surface area contributed by atoms with E-state index in [-0.39, 0.29) is 37.1 Å². The van der Waals surface area contributed by atoms with E-state index in [2.05, 4.69) is 10.6 Å². The highest BCUT2D eigenvalue weighted by Gasteiger charge is 2.19. The number of carboxylic acid groups (broad SMARTS) is 1. The predicted octanol–water partition coefficient (Wildman–Crippen LogP) is 2.32. The summed E-state index contributed by atoms with van der Waals surface area (Å²) in [4.78, 5) is 34.7. The molecule has 132 valence electrons. The van der Waals surface area contributed by atoms with Crippen molar-refractivity contribution in [3.8, 4) is 0 Å². The maximum Gasteiger partial charge on any atom is 0.305 e. The summed E-state index contributed by atoms with van der Waals surface area (Å²) in [6, 6.07) is 6.89. The molecule has 0 aromatic heterocycles. The highest BCUT2D eigenvalue weighted by molar-refractivity contribution is 5.80. The molecule has 1 aromatic carbocycles. The Morgan fingerprint density at radius 2 is 1.62 bits per heavy atom. The molecule has 0 aliphatic carbocycles. The maximum atomic E-state index is 12.1. The molecular formula is C18H26N2O4. The second-order valence-electron chi connectivity index (χ2n) is 6.15. The number of rotatable bonds is 9. The van der Waals surface area contributed by atoms with Crippen LogP contribution >= 0.6 is 0 Å². The first kappa shape index (κ1) is 19.7. The van der Waals surface area contributed by atoms with Gasteiger partial charge >= 0.3 is 5.97 Å². The lowest BCUT2D eigenvalue weighted by atomic mass is 9.98. The number of hydrogen-bond acceptors (Lipinski definition) is 3. The SMILES string of the molecule is Cc1ccccc1C(CC(=O)O)NC(=O)CCCC(=O)NC(C)C. The summed E-state index contributed by atoms with van der Waals surface area (Å²) in [7, 11) is 0. The number of benzene rings is 1. The van der Waals surface area contributed by atoms with Gasteiger partial charge in [-0.1, -0.05) is 24.3 Å². The lowest BCUT2D eigenvalue weighted by Gasteiger charge is -2.19. The molecule has 1 unspecified atom stereocenters. The number of carbonyl (C=O) groups excluding carboxylic acids is 2. The van der Waals surface area contributed by atoms with Crippen molar-refractivity contribution < 1.29 is 19.5 Å². The number of nitrogens with one attached hydrogen (secondary N) is 2. The van der Waals surface area contributed by atoms with E-state index in [4.69, 9.17) is 5.11 Å². The molecule has 1 rings (SSSR count). The molecule has 1 aromatic rings. The fourth-order valence-electron chi connectivity index (χ4n) is 2.46. The van der Waals surface area contributed by atoms with E-state index in [1.54, 1.807) is 0 Å². The van der Waals surface area contributed by atoms with E-state index in [0.29, 0.717) is 6.42 Å². The molecule has 0 spiro atoms. The number of carboxylic acids is 1. The lowest BCUT2D eigenvalue weighted by Crippen LogP contribution is -2.32. The number of aryl methyl sites for hydroxylation is 1. The predicted molar refractivity (Wildman–Crippen MR) is 91.4 cm³/mol. The Morgan fingerprint density at radius 3 is 2.17 bits per heavy atom. The summed E-state index contributed by atoms with van der Waals surface area (Å²) in [5, 5.41) is 14.6. The van der Waals surface area contributed by atoms with Crippen LogP contribution < -0.4 is 10.6 Å². The smallest absolute Gasteiger partial charge is 0.305 e. The molecule has 0 radical (unpaired) electrons. The monoisotopic (exact) mass is 334 g/mol. The van der Waals surface area contributed by atoms with Gasteiger partial charge in [0.25, 0.3) is 0 Å². The van der Waals surface area contributed by atoms with E-state index in [1.807, 2.05) is 45.0 Å². The van der Waals surface area contributed by atoms with E-state index < -0.39 is 12.0 Å². The first-order chi connectivity index (χ1) is 11.3. The van der Waals surface area contributed by atoms with Gasteiger partial charge in [-0.2, -0.15) is 0 Å². The molecule has 2 amide bonds. The average molecular weight is 334 g/mol. The van der Waals surface area contributed by atoms with Crippen LogP contribution in [0.25, 0.3) is 0 Å². The minimum atomic E-state index is -0.972. The van der Waals surface area contributed by atoms with Gasteiger partial charge in [-0.05, 0) is 38.3 Å². The third-order valence-corrected chi connectivity index (χ3v) is 3.54. The Balaban J connectivity index is 2.58. The van der Waals surface area contributed by atoms with Crippen LogP contribution in [0.1, 0.15) is 56.7 Å². The molecular weight excluding hydrogens is 308 g/mol. The Labute approximate surface area is 142 Å². The Bertz CT molecular complexity index is 584. The summed E-state index contributed by atoms with van der Waals surface area (Å²) >= 11 is 0. The van der Waals surface area contributed by atoms with Crippen LogP contribution in [0.4, 0.5) is 0 Å². The van der Waals surface area contributed by atoms with Crippen molar-refractivity contribution in [1.29, 1.82) is 0 Å². The van der Waals surface area contributed by atoms with E-state index in [1.165, 1.54) is 0 Å². The molecule has 0 bridgehead atoms. The summed E-state index contributed by atoms with van der Waals surface area (Å²) in [5.74, 6) is -1.31. The number of amides is 2. The molecule has 0 aliphatic rings. The van der Waals surface area contributed by atoms with Gasteiger partial charge in [-0.3, -0.25) is 14.4 Å². The summed E-state index contributed by atoms with van der Waals surface area (Å²) < 4.78 is 0. The van der Waals surface area contributed by atoms with Crippen molar-refractivity contribution in [2.24, 2.45) is 0 Å². The number of aliphatic carboxylic acids is 1. The number of carbonyl (C=O) groups is 3. The summed E-state index contributed by atoms with van der Waals surface area (Å²) in [5.41, 5.74) is 1.73. The molecule has 1 atom stereocenters. The molecule has 3 N–H and O–H groups in total. The maximum absolute atomic E-state index is 12.1. The standard InChI is InChI=1S/C18H26N2O4/c1-12(2)19-16(21)9-6-10-17(22)20-15(11-18(23)24)14-8-5-4-7-13(14)3/h4-5,7-8,12,15H,6,9-11H2,1-3H3,(H,19,21)(H,20,22)(H,23,24). The Hall–Kier alpha value is -2.37. The third-order valence-electron chi connectivity index (χ3n) is 3.54. The topological polar surface area (TPSA) is 95.5 Å². The van der Waals surface area contributed by atoms with Gasteiger partial charge in [-0.15, -0.1) is 0 Å². The van der Waals surface area contributed by atoms with Crippen LogP contribution in [0.5, 0.6) is 0 Å². The molecule has 0 saturated carbocycles. The molecule has 0 aliphatic heterocycles. The minimum Gasteiger partial charge on any atom is -0.481 e.